The fraction of sp³-hybridized carbons (Fsp3) is 0.412. The molecule has 122 valence electrons. The van der Waals surface area contributed by atoms with Gasteiger partial charge in [-0.15, -0.1) is 0 Å². The Morgan fingerprint density at radius 1 is 1.35 bits per heavy atom. The van der Waals surface area contributed by atoms with Crippen molar-refractivity contribution in [3.63, 3.8) is 0 Å². The van der Waals surface area contributed by atoms with E-state index in [0.29, 0.717) is 18.7 Å². The summed E-state index contributed by atoms with van der Waals surface area (Å²) in [4.78, 5) is 20.9. The van der Waals surface area contributed by atoms with Gasteiger partial charge in [-0.05, 0) is 12.5 Å². The summed E-state index contributed by atoms with van der Waals surface area (Å²) in [7, 11) is 1.64. The third kappa shape index (κ3) is 3.14. The van der Waals surface area contributed by atoms with Gasteiger partial charge < -0.3 is 9.72 Å². The minimum atomic E-state index is -0.0257. The topological polar surface area (TPSA) is 59.9 Å². The second-order valence-corrected chi connectivity index (χ2v) is 6.50. The van der Waals surface area contributed by atoms with E-state index >= 15 is 0 Å². The largest absolute Gasteiger partial charge is 0.383 e. The van der Waals surface area contributed by atoms with Gasteiger partial charge in [0.1, 0.15) is 11.0 Å². The predicted molar refractivity (Wildman–Crippen MR) is 95.4 cm³/mol. The number of hydrogen-bond acceptors (Lipinski definition) is 4. The van der Waals surface area contributed by atoms with Crippen molar-refractivity contribution in [2.75, 3.05) is 19.5 Å². The molecule has 0 saturated heterocycles. The van der Waals surface area contributed by atoms with Gasteiger partial charge in [-0.1, -0.05) is 43.3 Å². The Morgan fingerprint density at radius 3 is 2.96 bits per heavy atom. The normalized spacial score (nSPS) is 11.6. The molecule has 1 aromatic carbocycles. The van der Waals surface area contributed by atoms with Gasteiger partial charge >= 0.3 is 0 Å². The first kappa shape index (κ1) is 16.1. The van der Waals surface area contributed by atoms with Crippen molar-refractivity contribution in [3.8, 4) is 0 Å². The summed E-state index contributed by atoms with van der Waals surface area (Å²) in [6, 6.07) is 7.90. The summed E-state index contributed by atoms with van der Waals surface area (Å²) in [6.45, 7) is 3.17. The number of benzene rings is 1. The number of nitrogens with zero attached hydrogens (tertiary/aromatic N) is 2. The SMILES string of the molecule is CCCCSc1nc2c([nH]c3ccccc32)c(=O)n1CCOC. The molecular formula is C17H21N3O2S. The summed E-state index contributed by atoms with van der Waals surface area (Å²) >= 11 is 1.65. The van der Waals surface area contributed by atoms with E-state index in [4.69, 9.17) is 9.72 Å². The smallest absolute Gasteiger partial charge is 0.278 e. The number of nitrogens with one attached hydrogen (secondary N) is 1. The van der Waals surface area contributed by atoms with Crippen LogP contribution in [0.4, 0.5) is 0 Å². The van der Waals surface area contributed by atoms with Crippen LogP contribution in [0, 0.1) is 0 Å². The van der Waals surface area contributed by atoms with Crippen LogP contribution in [0.15, 0.2) is 34.2 Å². The van der Waals surface area contributed by atoms with Crippen LogP contribution in [0.1, 0.15) is 19.8 Å². The minimum Gasteiger partial charge on any atom is -0.383 e. The highest BCUT2D eigenvalue weighted by molar-refractivity contribution is 7.99. The van der Waals surface area contributed by atoms with E-state index in [0.717, 1.165) is 40.2 Å². The quantitative estimate of drug-likeness (QED) is 0.409. The predicted octanol–water partition coefficient (Wildman–Crippen LogP) is 3.42. The zero-order valence-corrected chi connectivity index (χ0v) is 14.3. The Hall–Kier alpha value is -1.79. The molecule has 6 heteroatoms. The van der Waals surface area contributed by atoms with Gasteiger partial charge in [0, 0.05) is 23.8 Å². The molecule has 3 rings (SSSR count). The Kier molecular flexibility index (Phi) is 5.03. The number of thioether (sulfide) groups is 1. The maximum Gasteiger partial charge on any atom is 0.278 e. The Balaban J connectivity index is 2.16. The highest BCUT2D eigenvalue weighted by Crippen LogP contribution is 2.24. The van der Waals surface area contributed by atoms with Crippen LogP contribution in [0.2, 0.25) is 0 Å². The van der Waals surface area contributed by atoms with Gasteiger partial charge in [-0.3, -0.25) is 9.36 Å². The van der Waals surface area contributed by atoms with Crippen LogP contribution in [0.5, 0.6) is 0 Å². The molecule has 0 spiro atoms. The molecule has 0 bridgehead atoms. The second kappa shape index (κ2) is 7.19. The standard InChI is InChI=1S/C17H21N3O2S/c1-3-4-11-23-17-19-14-12-7-5-6-8-13(12)18-15(14)16(21)20(17)9-10-22-2/h5-8,18H,3-4,9-11H2,1-2H3. The van der Waals surface area contributed by atoms with Gasteiger partial charge in [-0.2, -0.15) is 0 Å². The van der Waals surface area contributed by atoms with E-state index in [1.807, 2.05) is 24.3 Å². The monoisotopic (exact) mass is 331 g/mol. The summed E-state index contributed by atoms with van der Waals surface area (Å²) in [5.41, 5.74) is 2.25. The number of unbranched alkanes of at least 4 members (excludes halogenated alkanes) is 1. The molecule has 1 N–H and O–H groups in total. The molecule has 3 aromatic rings. The van der Waals surface area contributed by atoms with Crippen LogP contribution in [0.3, 0.4) is 0 Å². The highest BCUT2D eigenvalue weighted by atomic mass is 32.2. The molecule has 0 saturated carbocycles. The number of ether oxygens (including phenoxy) is 1. The van der Waals surface area contributed by atoms with Crippen LogP contribution >= 0.6 is 11.8 Å². The van der Waals surface area contributed by atoms with Crippen molar-refractivity contribution in [2.45, 2.75) is 31.5 Å². The highest BCUT2D eigenvalue weighted by Gasteiger charge is 2.15. The lowest BCUT2D eigenvalue weighted by Gasteiger charge is -2.11. The molecular weight excluding hydrogens is 310 g/mol. The Bertz CT molecular complexity index is 869. The molecule has 0 aliphatic heterocycles. The number of fused-ring (bicyclic) bond motifs is 3. The van der Waals surface area contributed by atoms with Gasteiger partial charge in [-0.25, -0.2) is 4.98 Å². The zero-order valence-electron chi connectivity index (χ0n) is 13.5. The number of rotatable bonds is 7. The van der Waals surface area contributed by atoms with Crippen molar-refractivity contribution >= 4 is 33.7 Å². The molecule has 0 atom stereocenters. The summed E-state index contributed by atoms with van der Waals surface area (Å²) in [5, 5.41) is 1.77. The number of para-hydroxylation sites is 1. The molecule has 0 amide bonds. The van der Waals surface area contributed by atoms with Crippen LogP contribution in [0.25, 0.3) is 21.9 Å². The molecule has 0 aliphatic carbocycles. The fourth-order valence-electron chi connectivity index (χ4n) is 2.57. The molecule has 0 aliphatic rings. The number of aromatic amines is 1. The zero-order chi connectivity index (χ0) is 16.2. The number of hydrogen-bond donors (Lipinski definition) is 1. The maximum atomic E-state index is 12.9. The summed E-state index contributed by atoms with van der Waals surface area (Å²) < 4.78 is 6.87. The van der Waals surface area contributed by atoms with Crippen molar-refractivity contribution in [1.82, 2.24) is 14.5 Å². The lowest BCUT2D eigenvalue weighted by atomic mass is 10.2. The number of aromatic nitrogens is 3. The Labute approximate surface area is 139 Å². The first-order valence-corrected chi connectivity index (χ1v) is 8.87. The molecule has 5 nitrogen and oxygen atoms in total. The van der Waals surface area contributed by atoms with E-state index < -0.39 is 0 Å². The molecule has 23 heavy (non-hydrogen) atoms. The lowest BCUT2D eigenvalue weighted by Crippen LogP contribution is -2.25. The average molecular weight is 331 g/mol. The molecule has 2 heterocycles. The van der Waals surface area contributed by atoms with Crippen molar-refractivity contribution < 1.29 is 4.74 Å². The summed E-state index contributed by atoms with van der Waals surface area (Å²) in [6.07, 6.45) is 2.24. The van der Waals surface area contributed by atoms with Gasteiger partial charge in [0.2, 0.25) is 0 Å². The van der Waals surface area contributed by atoms with E-state index in [-0.39, 0.29) is 5.56 Å². The van der Waals surface area contributed by atoms with Crippen LogP contribution in [-0.2, 0) is 11.3 Å². The first-order chi connectivity index (χ1) is 11.3. The van der Waals surface area contributed by atoms with Crippen molar-refractivity contribution in [3.05, 3.63) is 34.6 Å². The van der Waals surface area contributed by atoms with E-state index in [1.165, 1.54) is 0 Å². The van der Waals surface area contributed by atoms with Gasteiger partial charge in [0.25, 0.3) is 5.56 Å². The van der Waals surface area contributed by atoms with Gasteiger partial charge in [0.05, 0.1) is 13.2 Å². The summed E-state index contributed by atoms with van der Waals surface area (Å²) in [5.74, 6) is 0.962. The van der Waals surface area contributed by atoms with Crippen molar-refractivity contribution in [2.24, 2.45) is 0 Å². The van der Waals surface area contributed by atoms with Crippen LogP contribution in [-0.4, -0.2) is 34.0 Å². The first-order valence-electron chi connectivity index (χ1n) is 7.89. The second-order valence-electron chi connectivity index (χ2n) is 5.44. The minimum absolute atomic E-state index is 0.0257. The van der Waals surface area contributed by atoms with E-state index in [1.54, 1.807) is 23.4 Å². The third-order valence-electron chi connectivity index (χ3n) is 3.82. The molecule has 0 radical (unpaired) electrons. The van der Waals surface area contributed by atoms with Gasteiger partial charge in [0.15, 0.2) is 5.16 Å². The lowest BCUT2D eigenvalue weighted by molar-refractivity contribution is 0.183. The Morgan fingerprint density at radius 2 is 2.17 bits per heavy atom. The van der Waals surface area contributed by atoms with Crippen molar-refractivity contribution in [1.29, 1.82) is 0 Å². The molecule has 0 unspecified atom stereocenters. The fourth-order valence-corrected chi connectivity index (χ4v) is 3.68. The van der Waals surface area contributed by atoms with Crippen LogP contribution < -0.4 is 5.56 Å². The van der Waals surface area contributed by atoms with E-state index in [9.17, 15) is 4.79 Å². The number of methoxy groups -OCH3 is 1. The number of H-pyrrole nitrogens is 1. The van der Waals surface area contributed by atoms with E-state index in [2.05, 4.69) is 11.9 Å². The molecule has 0 fully saturated rings. The third-order valence-corrected chi connectivity index (χ3v) is 4.89. The average Bonchev–Trinajstić information content (AvgIpc) is 2.94. The maximum absolute atomic E-state index is 12.9. The molecule has 2 aromatic heterocycles.